The first-order valence-corrected chi connectivity index (χ1v) is 6.81. The van der Waals surface area contributed by atoms with E-state index in [4.69, 9.17) is 4.74 Å². The van der Waals surface area contributed by atoms with E-state index in [9.17, 15) is 0 Å². The Kier molecular flexibility index (Phi) is 3.85. The quantitative estimate of drug-likeness (QED) is 0.912. The van der Waals surface area contributed by atoms with Gasteiger partial charge in [-0.1, -0.05) is 13.8 Å². The van der Waals surface area contributed by atoms with Crippen molar-refractivity contribution in [3.05, 3.63) is 29.0 Å². The van der Waals surface area contributed by atoms with Crippen molar-refractivity contribution in [1.29, 1.82) is 0 Å². The van der Waals surface area contributed by atoms with Crippen molar-refractivity contribution in [2.45, 2.75) is 33.2 Å². The lowest BCUT2D eigenvalue weighted by molar-refractivity contribution is 0.417. The lowest BCUT2D eigenvalue weighted by atomic mass is 10.0. The number of rotatable bonds is 4. The Hall–Kier alpha value is -1.48. The first-order valence-electron chi connectivity index (χ1n) is 6.81. The van der Waals surface area contributed by atoms with Crippen LogP contribution in [0, 0.1) is 6.92 Å². The summed E-state index contributed by atoms with van der Waals surface area (Å²) in [6.45, 7) is 7.49. The molecule has 2 rings (SSSR count). The van der Waals surface area contributed by atoms with Crippen LogP contribution in [0.2, 0.25) is 0 Å². The molecule has 0 fully saturated rings. The second kappa shape index (κ2) is 5.25. The summed E-state index contributed by atoms with van der Waals surface area (Å²) < 4.78 is 7.86. The van der Waals surface area contributed by atoms with Crippen LogP contribution in [0.5, 0.6) is 5.75 Å². The molecule has 2 aromatic rings. The Morgan fingerprint density at radius 3 is 2.53 bits per heavy atom. The van der Waals surface area contributed by atoms with E-state index in [0.717, 1.165) is 12.3 Å². The summed E-state index contributed by atoms with van der Waals surface area (Å²) in [4.78, 5) is 0. The number of methoxy groups -OCH3 is 1. The summed E-state index contributed by atoms with van der Waals surface area (Å²) >= 11 is 0. The van der Waals surface area contributed by atoms with Crippen LogP contribution in [0.4, 0.5) is 0 Å². The first kappa shape index (κ1) is 13.9. The lowest BCUT2D eigenvalue weighted by Gasteiger charge is -2.11. The van der Waals surface area contributed by atoms with Crippen LogP contribution >= 0.6 is 0 Å². The van der Waals surface area contributed by atoms with E-state index in [-0.39, 0.29) is 0 Å². The fourth-order valence-electron chi connectivity index (χ4n) is 3.04. The van der Waals surface area contributed by atoms with Gasteiger partial charge in [-0.2, -0.15) is 0 Å². The third-order valence-electron chi connectivity index (χ3n) is 3.67. The average molecular weight is 260 g/mol. The molecule has 0 aliphatic carbocycles. The minimum atomic E-state index is 0.491. The predicted octanol–water partition coefficient (Wildman–Crippen LogP) is 3.34. The van der Waals surface area contributed by atoms with Crippen molar-refractivity contribution < 1.29 is 4.74 Å². The molecule has 0 atom stereocenters. The summed E-state index contributed by atoms with van der Waals surface area (Å²) in [6, 6.07) is 4.37. The third kappa shape index (κ3) is 2.23. The molecule has 0 aliphatic heterocycles. The summed E-state index contributed by atoms with van der Waals surface area (Å²) in [5.74, 6) is 1.45. The number of fused-ring (bicyclic) bond motifs is 1. The Labute approximate surface area is 115 Å². The Morgan fingerprint density at radius 1 is 1.32 bits per heavy atom. The van der Waals surface area contributed by atoms with Gasteiger partial charge in [0.05, 0.1) is 12.6 Å². The van der Waals surface area contributed by atoms with Crippen LogP contribution in [-0.4, -0.2) is 18.7 Å². The van der Waals surface area contributed by atoms with Gasteiger partial charge >= 0.3 is 0 Å². The van der Waals surface area contributed by atoms with E-state index >= 15 is 0 Å². The fourth-order valence-corrected chi connectivity index (χ4v) is 3.04. The zero-order valence-corrected chi connectivity index (χ0v) is 12.8. The maximum absolute atomic E-state index is 5.57. The Morgan fingerprint density at radius 2 is 2.00 bits per heavy atom. The highest BCUT2D eigenvalue weighted by Crippen LogP contribution is 2.36. The van der Waals surface area contributed by atoms with Crippen LogP contribution in [0.25, 0.3) is 10.9 Å². The van der Waals surface area contributed by atoms with E-state index in [1.165, 1.54) is 27.7 Å². The Balaban J connectivity index is 2.87. The molecule has 1 aromatic carbocycles. The molecule has 3 heteroatoms. The summed E-state index contributed by atoms with van der Waals surface area (Å²) in [5, 5.41) is 4.59. The van der Waals surface area contributed by atoms with Crippen molar-refractivity contribution in [2.75, 3.05) is 14.2 Å². The number of hydrogen-bond donors (Lipinski definition) is 1. The van der Waals surface area contributed by atoms with Crippen LogP contribution in [0.1, 0.15) is 36.6 Å². The van der Waals surface area contributed by atoms with Gasteiger partial charge in [0.1, 0.15) is 5.75 Å². The molecule has 3 nitrogen and oxygen atoms in total. The van der Waals surface area contributed by atoms with E-state index < -0.39 is 0 Å². The van der Waals surface area contributed by atoms with Crippen molar-refractivity contribution in [3.8, 4) is 5.75 Å². The molecule has 1 heterocycles. The summed E-state index contributed by atoms with van der Waals surface area (Å²) in [5.41, 5.74) is 5.20. The number of nitrogens with one attached hydrogen (secondary N) is 1. The molecule has 0 bridgehead atoms. The topological polar surface area (TPSA) is 26.2 Å². The van der Waals surface area contributed by atoms with Crippen LogP contribution < -0.4 is 10.1 Å². The molecule has 0 saturated heterocycles. The van der Waals surface area contributed by atoms with Crippen LogP contribution in [0.3, 0.4) is 0 Å². The number of aromatic nitrogens is 1. The molecular weight excluding hydrogens is 236 g/mol. The second-order valence-corrected chi connectivity index (χ2v) is 5.47. The number of hydrogen-bond acceptors (Lipinski definition) is 2. The summed E-state index contributed by atoms with van der Waals surface area (Å²) in [7, 11) is 5.87. The van der Waals surface area contributed by atoms with Crippen molar-refractivity contribution in [3.63, 3.8) is 0 Å². The molecule has 0 unspecified atom stereocenters. The largest absolute Gasteiger partial charge is 0.495 e. The SMILES string of the molecule is CNCc1c(C(C)C)n(C)c2c(OC)cc(C)cc12. The number of ether oxygens (including phenoxy) is 1. The van der Waals surface area contributed by atoms with Gasteiger partial charge in [-0.15, -0.1) is 0 Å². The smallest absolute Gasteiger partial charge is 0.143 e. The van der Waals surface area contributed by atoms with Gasteiger partial charge < -0.3 is 14.6 Å². The third-order valence-corrected chi connectivity index (χ3v) is 3.67. The minimum absolute atomic E-state index is 0.491. The highest BCUT2D eigenvalue weighted by atomic mass is 16.5. The lowest BCUT2D eigenvalue weighted by Crippen LogP contribution is -2.09. The second-order valence-electron chi connectivity index (χ2n) is 5.47. The number of nitrogens with zero attached hydrogens (tertiary/aromatic N) is 1. The van der Waals surface area contributed by atoms with Gasteiger partial charge in [0.15, 0.2) is 0 Å². The Bertz CT molecular complexity index is 597. The molecule has 1 N–H and O–H groups in total. The molecule has 104 valence electrons. The minimum Gasteiger partial charge on any atom is -0.495 e. The molecule has 0 saturated carbocycles. The van der Waals surface area contributed by atoms with Gasteiger partial charge in [0, 0.05) is 24.7 Å². The molecule has 0 radical (unpaired) electrons. The van der Waals surface area contributed by atoms with Gasteiger partial charge in [0.25, 0.3) is 0 Å². The average Bonchev–Trinajstić information content (AvgIpc) is 2.62. The van der Waals surface area contributed by atoms with Crippen molar-refractivity contribution >= 4 is 10.9 Å². The zero-order valence-electron chi connectivity index (χ0n) is 12.8. The maximum Gasteiger partial charge on any atom is 0.143 e. The molecule has 19 heavy (non-hydrogen) atoms. The fraction of sp³-hybridized carbons (Fsp3) is 0.500. The monoisotopic (exact) mass is 260 g/mol. The molecule has 0 amide bonds. The molecular formula is C16H24N2O. The van der Waals surface area contributed by atoms with Gasteiger partial charge in [-0.05, 0) is 43.1 Å². The van der Waals surface area contributed by atoms with Crippen LogP contribution in [0.15, 0.2) is 12.1 Å². The highest BCUT2D eigenvalue weighted by Gasteiger charge is 2.19. The van der Waals surface area contributed by atoms with Gasteiger partial charge in [-0.3, -0.25) is 0 Å². The molecule has 1 aromatic heterocycles. The molecule has 0 spiro atoms. The number of benzene rings is 1. The van der Waals surface area contributed by atoms with Crippen molar-refractivity contribution in [2.24, 2.45) is 7.05 Å². The zero-order chi connectivity index (χ0) is 14.2. The normalized spacial score (nSPS) is 11.5. The molecule has 0 aliphatic rings. The highest BCUT2D eigenvalue weighted by molar-refractivity contribution is 5.91. The standard InChI is InChI=1S/C16H24N2O/c1-10(2)15-13(9-17-4)12-7-11(3)8-14(19-6)16(12)18(15)5/h7-8,10,17H,9H2,1-6H3. The summed E-state index contributed by atoms with van der Waals surface area (Å²) in [6.07, 6.45) is 0. The maximum atomic E-state index is 5.57. The van der Waals surface area contributed by atoms with Crippen LogP contribution in [-0.2, 0) is 13.6 Å². The van der Waals surface area contributed by atoms with E-state index in [2.05, 4.69) is 49.8 Å². The first-order chi connectivity index (χ1) is 9.01. The number of aryl methyl sites for hydroxylation is 2. The van der Waals surface area contributed by atoms with E-state index in [1.54, 1.807) is 7.11 Å². The van der Waals surface area contributed by atoms with Gasteiger partial charge in [0.2, 0.25) is 0 Å². The van der Waals surface area contributed by atoms with Crippen molar-refractivity contribution in [1.82, 2.24) is 9.88 Å². The predicted molar refractivity (Wildman–Crippen MR) is 81.1 cm³/mol. The van der Waals surface area contributed by atoms with Gasteiger partial charge in [-0.25, -0.2) is 0 Å². The van der Waals surface area contributed by atoms with E-state index in [0.29, 0.717) is 5.92 Å². The van der Waals surface area contributed by atoms with E-state index in [1.807, 2.05) is 7.05 Å².